The number of amides is 1. The standard InChI is InChI=1S/C20H30N6O/c1-14(2)18-22-15(3)11-17(23-18)24-7-9-25(10-8-24)19(27)16-12-21-26(13-16)20(4,5)6/h11-14H,7-10H2,1-6H3. The smallest absolute Gasteiger partial charge is 0.257 e. The van der Waals surface area contributed by atoms with Crippen LogP contribution in [0, 0.1) is 6.92 Å². The summed E-state index contributed by atoms with van der Waals surface area (Å²) < 4.78 is 1.84. The molecule has 1 aliphatic heterocycles. The Kier molecular flexibility index (Phi) is 5.22. The lowest BCUT2D eigenvalue weighted by molar-refractivity contribution is 0.0746. The van der Waals surface area contributed by atoms with Crippen molar-refractivity contribution in [1.29, 1.82) is 0 Å². The molecule has 0 aromatic carbocycles. The zero-order valence-electron chi connectivity index (χ0n) is 17.2. The van der Waals surface area contributed by atoms with Crippen LogP contribution >= 0.6 is 0 Å². The van der Waals surface area contributed by atoms with Gasteiger partial charge in [-0.3, -0.25) is 9.48 Å². The highest BCUT2D eigenvalue weighted by atomic mass is 16.2. The Labute approximate surface area is 161 Å². The van der Waals surface area contributed by atoms with E-state index in [0.717, 1.165) is 30.4 Å². The Morgan fingerprint density at radius 1 is 1.11 bits per heavy atom. The Hall–Kier alpha value is -2.44. The number of aromatic nitrogens is 4. The molecule has 1 aliphatic rings. The molecule has 0 spiro atoms. The van der Waals surface area contributed by atoms with Crippen molar-refractivity contribution < 1.29 is 4.79 Å². The lowest BCUT2D eigenvalue weighted by Gasteiger charge is -2.35. The summed E-state index contributed by atoms with van der Waals surface area (Å²) in [7, 11) is 0. The minimum absolute atomic E-state index is 0.0480. The van der Waals surface area contributed by atoms with E-state index in [0.29, 0.717) is 24.6 Å². The van der Waals surface area contributed by atoms with Gasteiger partial charge in [0.05, 0.1) is 17.3 Å². The number of carbonyl (C=O) groups is 1. The molecule has 0 bridgehead atoms. The second kappa shape index (κ2) is 7.29. The molecule has 3 heterocycles. The van der Waals surface area contributed by atoms with Crippen molar-refractivity contribution in [2.45, 2.75) is 53.0 Å². The maximum Gasteiger partial charge on any atom is 0.257 e. The van der Waals surface area contributed by atoms with Gasteiger partial charge in [-0.2, -0.15) is 5.10 Å². The van der Waals surface area contributed by atoms with Crippen molar-refractivity contribution in [3.63, 3.8) is 0 Å². The average Bonchev–Trinajstić information content (AvgIpc) is 3.11. The molecule has 0 N–H and O–H groups in total. The van der Waals surface area contributed by atoms with Crippen molar-refractivity contribution in [1.82, 2.24) is 24.6 Å². The lowest BCUT2D eigenvalue weighted by atomic mass is 10.1. The molecule has 1 saturated heterocycles. The van der Waals surface area contributed by atoms with Gasteiger partial charge in [-0.1, -0.05) is 13.8 Å². The summed E-state index contributed by atoms with van der Waals surface area (Å²) in [5.41, 5.74) is 1.51. The minimum atomic E-state index is -0.129. The number of piperazine rings is 1. The molecule has 2 aromatic rings. The highest BCUT2D eigenvalue weighted by molar-refractivity contribution is 5.93. The number of anilines is 1. The molecule has 7 heteroatoms. The van der Waals surface area contributed by atoms with Crippen molar-refractivity contribution >= 4 is 11.7 Å². The first-order valence-corrected chi connectivity index (χ1v) is 9.60. The molecule has 27 heavy (non-hydrogen) atoms. The van der Waals surface area contributed by atoms with Gasteiger partial charge in [-0.15, -0.1) is 0 Å². The third-order valence-electron chi connectivity index (χ3n) is 4.78. The van der Waals surface area contributed by atoms with Crippen molar-refractivity contribution in [2.75, 3.05) is 31.1 Å². The fourth-order valence-corrected chi connectivity index (χ4v) is 3.12. The van der Waals surface area contributed by atoms with Crippen molar-refractivity contribution in [2.24, 2.45) is 0 Å². The normalized spacial score (nSPS) is 15.5. The fourth-order valence-electron chi connectivity index (χ4n) is 3.12. The Morgan fingerprint density at radius 3 is 2.33 bits per heavy atom. The first-order valence-electron chi connectivity index (χ1n) is 9.60. The van der Waals surface area contributed by atoms with Gasteiger partial charge in [0.1, 0.15) is 11.6 Å². The van der Waals surface area contributed by atoms with Crippen molar-refractivity contribution in [3.8, 4) is 0 Å². The first kappa shape index (κ1) is 19.3. The van der Waals surface area contributed by atoms with Crippen LogP contribution in [0.5, 0.6) is 0 Å². The van der Waals surface area contributed by atoms with E-state index in [1.54, 1.807) is 6.20 Å². The monoisotopic (exact) mass is 370 g/mol. The fraction of sp³-hybridized carbons (Fsp3) is 0.600. The summed E-state index contributed by atoms with van der Waals surface area (Å²) in [6, 6.07) is 2.02. The number of hydrogen-bond acceptors (Lipinski definition) is 5. The van der Waals surface area contributed by atoms with Crippen molar-refractivity contribution in [3.05, 3.63) is 35.5 Å². The molecule has 1 fully saturated rings. The third-order valence-corrected chi connectivity index (χ3v) is 4.78. The SMILES string of the molecule is Cc1cc(N2CCN(C(=O)c3cnn(C(C)(C)C)c3)CC2)nc(C(C)C)n1. The van der Waals surface area contributed by atoms with E-state index in [4.69, 9.17) is 4.98 Å². The zero-order chi connectivity index (χ0) is 19.8. The molecule has 3 rings (SSSR count). The van der Waals surface area contributed by atoms with Gasteiger partial charge in [0, 0.05) is 50.1 Å². The molecule has 0 unspecified atom stereocenters. The molecule has 0 radical (unpaired) electrons. The van der Waals surface area contributed by atoms with Crippen LogP contribution in [0.3, 0.4) is 0 Å². The van der Waals surface area contributed by atoms with Crippen LogP contribution in [0.15, 0.2) is 18.5 Å². The van der Waals surface area contributed by atoms with E-state index in [-0.39, 0.29) is 11.4 Å². The van der Waals surface area contributed by atoms with Gasteiger partial charge in [0.2, 0.25) is 0 Å². The van der Waals surface area contributed by atoms with E-state index in [2.05, 4.69) is 49.6 Å². The summed E-state index contributed by atoms with van der Waals surface area (Å²) in [5.74, 6) is 2.18. The summed E-state index contributed by atoms with van der Waals surface area (Å²) in [6.45, 7) is 15.3. The average molecular weight is 371 g/mol. The molecule has 0 atom stereocenters. The van der Waals surface area contributed by atoms with Gasteiger partial charge in [0.25, 0.3) is 5.91 Å². The molecule has 0 saturated carbocycles. The van der Waals surface area contributed by atoms with Gasteiger partial charge in [-0.25, -0.2) is 9.97 Å². The maximum atomic E-state index is 12.8. The summed E-state index contributed by atoms with van der Waals surface area (Å²) >= 11 is 0. The van der Waals surface area contributed by atoms with E-state index >= 15 is 0 Å². The summed E-state index contributed by atoms with van der Waals surface area (Å²) in [6.07, 6.45) is 3.51. The third kappa shape index (κ3) is 4.28. The second-order valence-electron chi connectivity index (χ2n) is 8.50. The van der Waals surface area contributed by atoms with Crippen LogP contribution in [0.4, 0.5) is 5.82 Å². The second-order valence-corrected chi connectivity index (χ2v) is 8.50. The van der Waals surface area contributed by atoms with Gasteiger partial charge in [0.15, 0.2) is 0 Å². The van der Waals surface area contributed by atoms with Crippen LogP contribution in [0.2, 0.25) is 0 Å². The summed E-state index contributed by atoms with van der Waals surface area (Å²) in [5, 5.41) is 4.34. The van der Waals surface area contributed by atoms with E-state index in [1.807, 2.05) is 28.8 Å². The number of carbonyl (C=O) groups excluding carboxylic acids is 1. The first-order chi connectivity index (χ1) is 12.6. The predicted octanol–water partition coefficient (Wildman–Crippen LogP) is 2.82. The van der Waals surface area contributed by atoms with Crippen LogP contribution in [0.25, 0.3) is 0 Å². The zero-order valence-corrected chi connectivity index (χ0v) is 17.2. The molecular weight excluding hydrogens is 340 g/mol. The Balaban J connectivity index is 1.67. The molecule has 0 aliphatic carbocycles. The number of aryl methyl sites for hydroxylation is 1. The van der Waals surface area contributed by atoms with Crippen LogP contribution < -0.4 is 4.90 Å². The van der Waals surface area contributed by atoms with Gasteiger partial charge < -0.3 is 9.80 Å². The maximum absolute atomic E-state index is 12.8. The van der Waals surface area contributed by atoms with Crippen LogP contribution in [0.1, 0.15) is 62.4 Å². The molecule has 146 valence electrons. The highest BCUT2D eigenvalue weighted by Gasteiger charge is 2.25. The molecule has 2 aromatic heterocycles. The largest absolute Gasteiger partial charge is 0.353 e. The van der Waals surface area contributed by atoms with Gasteiger partial charge in [-0.05, 0) is 27.7 Å². The quantitative estimate of drug-likeness (QED) is 0.831. The minimum Gasteiger partial charge on any atom is -0.353 e. The Morgan fingerprint density at radius 2 is 1.78 bits per heavy atom. The predicted molar refractivity (Wildman–Crippen MR) is 106 cm³/mol. The van der Waals surface area contributed by atoms with E-state index in [9.17, 15) is 4.79 Å². The lowest BCUT2D eigenvalue weighted by Crippen LogP contribution is -2.49. The molecular formula is C20H30N6O. The van der Waals surface area contributed by atoms with Crippen LogP contribution in [-0.4, -0.2) is 56.7 Å². The number of nitrogens with zero attached hydrogens (tertiary/aromatic N) is 6. The summed E-state index contributed by atoms with van der Waals surface area (Å²) in [4.78, 5) is 26.2. The molecule has 1 amide bonds. The van der Waals surface area contributed by atoms with Gasteiger partial charge >= 0.3 is 0 Å². The molecule has 7 nitrogen and oxygen atoms in total. The Bertz CT molecular complexity index is 812. The van der Waals surface area contributed by atoms with E-state index in [1.165, 1.54) is 0 Å². The topological polar surface area (TPSA) is 67.2 Å². The van der Waals surface area contributed by atoms with Crippen LogP contribution in [-0.2, 0) is 5.54 Å². The highest BCUT2D eigenvalue weighted by Crippen LogP contribution is 2.20. The number of hydrogen-bond donors (Lipinski definition) is 0. The number of rotatable bonds is 3. The van der Waals surface area contributed by atoms with E-state index < -0.39 is 0 Å².